The Morgan fingerprint density at radius 1 is 1.03 bits per heavy atom. The van der Waals surface area contributed by atoms with Crippen molar-refractivity contribution >= 4 is 17.1 Å². The first-order chi connectivity index (χ1) is 14.6. The van der Waals surface area contributed by atoms with Crippen molar-refractivity contribution in [2.24, 2.45) is 5.73 Å². The van der Waals surface area contributed by atoms with Gasteiger partial charge in [0.2, 0.25) is 0 Å². The van der Waals surface area contributed by atoms with Gasteiger partial charge in [-0.2, -0.15) is 0 Å². The molecule has 0 atom stereocenters. The van der Waals surface area contributed by atoms with Gasteiger partial charge >= 0.3 is 5.69 Å². The minimum absolute atomic E-state index is 0.0565. The van der Waals surface area contributed by atoms with Crippen LogP contribution in [0, 0.1) is 0 Å². The molecule has 4 rings (SSSR count). The number of amides is 1. The first-order valence-electron chi connectivity index (χ1n) is 9.52. The number of aromatic nitrogens is 4. The highest BCUT2D eigenvalue weighted by molar-refractivity contribution is 6.02. The number of nitrogens with zero attached hydrogens (tertiary/aromatic N) is 3. The lowest BCUT2D eigenvalue weighted by Gasteiger charge is -2.19. The number of aromatic amines is 1. The Morgan fingerprint density at radius 3 is 2.29 bits per heavy atom. The fourth-order valence-corrected chi connectivity index (χ4v) is 3.30. The number of fused-ring (bicyclic) bond motifs is 1. The lowest BCUT2D eigenvalue weighted by atomic mass is 9.87. The second-order valence-electron chi connectivity index (χ2n) is 8.22. The molecule has 2 aromatic carbocycles. The Morgan fingerprint density at radius 2 is 1.71 bits per heavy atom. The maximum atomic E-state index is 12.8. The quantitative estimate of drug-likeness (QED) is 0.375. The Bertz CT molecular complexity index is 1380. The second-order valence-corrected chi connectivity index (χ2v) is 8.22. The van der Waals surface area contributed by atoms with Gasteiger partial charge in [0.05, 0.1) is 5.69 Å². The first-order valence-corrected chi connectivity index (χ1v) is 9.52. The average Bonchev–Trinajstić information content (AvgIpc) is 3.04. The number of phenolic OH excluding ortho intramolecular Hbond substituents is 2. The molecule has 0 aliphatic carbocycles. The van der Waals surface area contributed by atoms with E-state index in [0.29, 0.717) is 11.3 Å². The molecule has 0 bridgehead atoms. The maximum Gasteiger partial charge on any atom is 0.332 e. The highest BCUT2D eigenvalue weighted by Gasteiger charge is 2.21. The van der Waals surface area contributed by atoms with E-state index in [0.717, 1.165) is 5.56 Å². The number of rotatable bonds is 3. The number of nitrogens with one attached hydrogen (secondary N) is 1. The van der Waals surface area contributed by atoms with Crippen LogP contribution < -0.4 is 11.4 Å². The zero-order valence-corrected chi connectivity index (χ0v) is 17.2. The van der Waals surface area contributed by atoms with E-state index >= 15 is 0 Å². The zero-order valence-electron chi connectivity index (χ0n) is 17.2. The van der Waals surface area contributed by atoms with Crippen LogP contribution in [0.1, 0.15) is 36.8 Å². The molecule has 2 heterocycles. The molecule has 9 nitrogen and oxygen atoms in total. The summed E-state index contributed by atoms with van der Waals surface area (Å²) in [5.74, 6) is -1.45. The molecule has 31 heavy (non-hydrogen) atoms. The number of hydrogen-bond donors (Lipinski definition) is 4. The van der Waals surface area contributed by atoms with E-state index in [2.05, 4.69) is 35.7 Å². The molecule has 1 amide bonds. The van der Waals surface area contributed by atoms with Gasteiger partial charge in [-0.05, 0) is 41.3 Å². The molecule has 0 spiro atoms. The summed E-state index contributed by atoms with van der Waals surface area (Å²) < 4.78 is 1.33. The van der Waals surface area contributed by atoms with Gasteiger partial charge in [-0.3, -0.25) is 4.79 Å². The van der Waals surface area contributed by atoms with Gasteiger partial charge in [0.1, 0.15) is 5.52 Å². The van der Waals surface area contributed by atoms with E-state index in [4.69, 9.17) is 5.73 Å². The van der Waals surface area contributed by atoms with Crippen LogP contribution in [-0.2, 0) is 5.41 Å². The summed E-state index contributed by atoms with van der Waals surface area (Å²) in [5, 5.41) is 19.4. The van der Waals surface area contributed by atoms with Gasteiger partial charge in [0.25, 0.3) is 5.91 Å². The fraction of sp³-hybridized carbons (Fsp3) is 0.182. The molecule has 0 fully saturated rings. The largest absolute Gasteiger partial charge is 0.504 e. The number of carbonyl (C=O) groups excluding carboxylic acids is 1. The SMILES string of the molecule is CC(C)(C)c1ccc(-n2c(=O)[nH]c3c(C(N)=O)nc(-c4ccc(O)c(O)c4)nc32)cc1. The van der Waals surface area contributed by atoms with E-state index in [9.17, 15) is 19.8 Å². The van der Waals surface area contributed by atoms with E-state index in [1.54, 1.807) is 12.1 Å². The molecule has 0 aliphatic heterocycles. The van der Waals surface area contributed by atoms with Crippen molar-refractivity contribution in [1.29, 1.82) is 0 Å². The first kappa shape index (κ1) is 20.1. The Labute approximate surface area is 176 Å². The molecule has 0 unspecified atom stereocenters. The molecule has 5 N–H and O–H groups in total. The van der Waals surface area contributed by atoms with Gasteiger partial charge in [-0.1, -0.05) is 32.9 Å². The molecule has 0 saturated carbocycles. The van der Waals surface area contributed by atoms with Gasteiger partial charge in [0.15, 0.2) is 28.7 Å². The van der Waals surface area contributed by atoms with Crippen molar-refractivity contribution in [3.8, 4) is 28.6 Å². The normalized spacial score (nSPS) is 11.7. The van der Waals surface area contributed by atoms with Crippen LogP contribution in [0.5, 0.6) is 11.5 Å². The molecule has 9 heteroatoms. The number of hydrogen-bond acceptors (Lipinski definition) is 6. The number of carbonyl (C=O) groups is 1. The molecule has 0 aliphatic rings. The van der Waals surface area contributed by atoms with Crippen molar-refractivity contribution in [2.75, 3.05) is 0 Å². The van der Waals surface area contributed by atoms with Gasteiger partial charge in [-0.25, -0.2) is 19.3 Å². The summed E-state index contributed by atoms with van der Waals surface area (Å²) in [4.78, 5) is 36.0. The zero-order chi connectivity index (χ0) is 22.5. The van der Waals surface area contributed by atoms with Crippen molar-refractivity contribution in [3.05, 3.63) is 64.2 Å². The minimum atomic E-state index is -0.840. The Hall–Kier alpha value is -4.14. The third-order valence-corrected chi connectivity index (χ3v) is 5.00. The lowest BCUT2D eigenvalue weighted by Crippen LogP contribution is -2.16. The van der Waals surface area contributed by atoms with Gasteiger partial charge in [-0.15, -0.1) is 0 Å². The number of phenols is 2. The van der Waals surface area contributed by atoms with Crippen LogP contribution in [0.25, 0.3) is 28.2 Å². The fourth-order valence-electron chi connectivity index (χ4n) is 3.30. The third kappa shape index (κ3) is 3.50. The summed E-state index contributed by atoms with van der Waals surface area (Å²) in [6.45, 7) is 6.27. The monoisotopic (exact) mass is 419 g/mol. The predicted octanol–water partition coefficient (Wildman–Crippen LogP) is 2.58. The summed E-state index contributed by atoms with van der Waals surface area (Å²) in [7, 11) is 0. The van der Waals surface area contributed by atoms with Crippen molar-refractivity contribution in [1.82, 2.24) is 19.5 Å². The van der Waals surface area contributed by atoms with Crippen molar-refractivity contribution in [2.45, 2.75) is 26.2 Å². The van der Waals surface area contributed by atoms with Crippen molar-refractivity contribution in [3.63, 3.8) is 0 Å². The van der Waals surface area contributed by atoms with Gasteiger partial charge in [0, 0.05) is 5.56 Å². The Balaban J connectivity index is 1.98. The van der Waals surface area contributed by atoms with E-state index < -0.39 is 11.6 Å². The minimum Gasteiger partial charge on any atom is -0.504 e. The number of imidazole rings is 1. The molecular formula is C22H21N5O4. The van der Waals surface area contributed by atoms with Crippen LogP contribution in [0.4, 0.5) is 0 Å². The molecule has 4 aromatic rings. The van der Waals surface area contributed by atoms with E-state index in [1.807, 2.05) is 12.1 Å². The topological polar surface area (TPSA) is 147 Å². The number of primary amides is 1. The lowest BCUT2D eigenvalue weighted by molar-refractivity contribution is 0.0997. The van der Waals surface area contributed by atoms with E-state index in [1.165, 1.54) is 22.8 Å². The number of benzene rings is 2. The molecule has 0 radical (unpaired) electrons. The van der Waals surface area contributed by atoms with Crippen molar-refractivity contribution < 1.29 is 15.0 Å². The van der Waals surface area contributed by atoms with Crippen LogP contribution in [0.3, 0.4) is 0 Å². The van der Waals surface area contributed by atoms with Crippen LogP contribution in [0.2, 0.25) is 0 Å². The molecule has 158 valence electrons. The van der Waals surface area contributed by atoms with Crippen LogP contribution >= 0.6 is 0 Å². The maximum absolute atomic E-state index is 12.8. The number of H-pyrrole nitrogens is 1. The summed E-state index contributed by atoms with van der Waals surface area (Å²) in [6.07, 6.45) is 0. The smallest absolute Gasteiger partial charge is 0.332 e. The third-order valence-electron chi connectivity index (χ3n) is 5.00. The molecule has 0 saturated heterocycles. The summed E-state index contributed by atoms with van der Waals surface area (Å²) in [6, 6.07) is 11.5. The number of aromatic hydroxyl groups is 2. The van der Waals surface area contributed by atoms with Crippen LogP contribution in [0.15, 0.2) is 47.3 Å². The second kappa shape index (κ2) is 6.98. The molecule has 2 aromatic heterocycles. The standard InChI is InChI=1S/C22H21N5O4/c1-22(2,3)12-5-7-13(8-6-12)27-20-17(25-21(27)31)16(18(23)30)24-19(26-20)11-4-9-14(28)15(29)10-11/h4-10,28-29H,1-3H3,(H2,23,30)(H,25,31). The highest BCUT2D eigenvalue weighted by Crippen LogP contribution is 2.30. The van der Waals surface area contributed by atoms with Gasteiger partial charge < -0.3 is 20.9 Å². The Kier molecular flexibility index (Phi) is 4.53. The number of nitrogens with two attached hydrogens (primary N) is 1. The summed E-state index contributed by atoms with van der Waals surface area (Å²) in [5.41, 5.74) is 7.05. The highest BCUT2D eigenvalue weighted by atomic mass is 16.3. The van der Waals surface area contributed by atoms with Crippen LogP contribution in [-0.4, -0.2) is 35.6 Å². The predicted molar refractivity (Wildman–Crippen MR) is 115 cm³/mol. The van der Waals surface area contributed by atoms with E-state index in [-0.39, 0.29) is 39.6 Å². The molecular weight excluding hydrogens is 398 g/mol. The average molecular weight is 419 g/mol. The summed E-state index contributed by atoms with van der Waals surface area (Å²) >= 11 is 0.